The number of nitrogens with one attached hydrogen (secondary N) is 1. The molecule has 1 heterocycles. The minimum Gasteiger partial charge on any atom is -0.479 e. The van der Waals surface area contributed by atoms with Crippen molar-refractivity contribution in [1.29, 1.82) is 0 Å². The fourth-order valence-electron chi connectivity index (χ4n) is 1.43. The summed E-state index contributed by atoms with van der Waals surface area (Å²) in [6, 6.07) is 3.58. The van der Waals surface area contributed by atoms with Gasteiger partial charge >= 0.3 is 0 Å². The quantitative estimate of drug-likeness (QED) is 0.795. The Kier molecular flexibility index (Phi) is 3.95. The van der Waals surface area contributed by atoms with Crippen LogP contribution in [0.15, 0.2) is 12.1 Å². The van der Waals surface area contributed by atoms with Gasteiger partial charge in [-0.2, -0.15) is 4.98 Å². The summed E-state index contributed by atoms with van der Waals surface area (Å²) in [7, 11) is 3.21. The number of ether oxygens (including phenoxy) is 2. The zero-order chi connectivity index (χ0) is 12.2. The second-order valence-corrected chi connectivity index (χ2v) is 4.24. The lowest BCUT2D eigenvalue weighted by atomic mass is 10.1. The van der Waals surface area contributed by atoms with Crippen molar-refractivity contribution in [3.63, 3.8) is 0 Å². The van der Waals surface area contributed by atoms with Gasteiger partial charge in [0, 0.05) is 7.11 Å². The van der Waals surface area contributed by atoms with E-state index in [-0.39, 0.29) is 5.54 Å². The predicted octanol–water partition coefficient (Wildman–Crippen LogP) is 1.51. The van der Waals surface area contributed by atoms with Crippen LogP contribution in [0.25, 0.3) is 0 Å². The molecule has 5 nitrogen and oxygen atoms in total. The van der Waals surface area contributed by atoms with Crippen LogP contribution in [-0.2, 0) is 4.74 Å². The average Bonchev–Trinajstić information content (AvgIpc) is 2.20. The van der Waals surface area contributed by atoms with Crippen molar-refractivity contribution in [1.82, 2.24) is 4.98 Å². The molecular formula is C11H19N3O2. The molecule has 0 aliphatic heterocycles. The zero-order valence-corrected chi connectivity index (χ0v) is 10.2. The number of nitrogen functional groups attached to an aromatic ring is 1. The molecular weight excluding hydrogens is 206 g/mol. The number of rotatable bonds is 5. The molecule has 90 valence electrons. The van der Waals surface area contributed by atoms with E-state index in [9.17, 15) is 0 Å². The maximum Gasteiger partial charge on any atom is 0.238 e. The molecule has 0 aliphatic rings. The molecule has 0 aliphatic carbocycles. The van der Waals surface area contributed by atoms with E-state index >= 15 is 0 Å². The van der Waals surface area contributed by atoms with Crippen LogP contribution in [0, 0.1) is 0 Å². The first kappa shape index (κ1) is 12.6. The maximum atomic E-state index is 5.68. The Balaban J connectivity index is 2.81. The number of nitrogens with two attached hydrogens (primary N) is 1. The second kappa shape index (κ2) is 5.03. The Morgan fingerprint density at radius 3 is 2.62 bits per heavy atom. The lowest BCUT2D eigenvalue weighted by Crippen LogP contribution is -2.36. The molecule has 3 N–H and O–H groups in total. The third-order valence-corrected chi connectivity index (χ3v) is 2.05. The molecule has 0 bridgehead atoms. The molecule has 1 aromatic rings. The summed E-state index contributed by atoms with van der Waals surface area (Å²) >= 11 is 0. The second-order valence-electron chi connectivity index (χ2n) is 4.24. The lowest BCUT2D eigenvalue weighted by Gasteiger charge is -2.26. The van der Waals surface area contributed by atoms with Gasteiger partial charge in [-0.1, -0.05) is 0 Å². The van der Waals surface area contributed by atoms with Crippen molar-refractivity contribution in [2.45, 2.75) is 19.4 Å². The molecule has 0 atom stereocenters. The van der Waals surface area contributed by atoms with Gasteiger partial charge in [0.05, 0.1) is 24.9 Å². The van der Waals surface area contributed by atoms with E-state index in [1.165, 1.54) is 0 Å². The van der Waals surface area contributed by atoms with Crippen molar-refractivity contribution in [3.05, 3.63) is 12.1 Å². The van der Waals surface area contributed by atoms with Gasteiger partial charge in [0.2, 0.25) is 5.88 Å². The molecule has 0 saturated carbocycles. The van der Waals surface area contributed by atoms with Gasteiger partial charge in [-0.3, -0.25) is 0 Å². The minimum atomic E-state index is -0.192. The SMILES string of the molecule is COCC(C)(C)Nc1ccc(N)c(OC)n1. The highest BCUT2D eigenvalue weighted by Crippen LogP contribution is 2.22. The summed E-state index contributed by atoms with van der Waals surface area (Å²) in [5, 5.41) is 3.25. The summed E-state index contributed by atoms with van der Waals surface area (Å²) in [4.78, 5) is 4.24. The fraction of sp³-hybridized carbons (Fsp3) is 0.545. The molecule has 0 fully saturated rings. The summed E-state index contributed by atoms with van der Waals surface area (Å²) < 4.78 is 10.2. The summed E-state index contributed by atoms with van der Waals surface area (Å²) in [6.07, 6.45) is 0. The van der Waals surface area contributed by atoms with Gasteiger partial charge in [0.15, 0.2) is 0 Å². The molecule has 1 aromatic heterocycles. The van der Waals surface area contributed by atoms with E-state index in [0.717, 1.165) is 0 Å². The molecule has 0 saturated heterocycles. The smallest absolute Gasteiger partial charge is 0.238 e. The third kappa shape index (κ3) is 3.27. The highest BCUT2D eigenvalue weighted by atomic mass is 16.5. The Morgan fingerprint density at radius 1 is 1.38 bits per heavy atom. The van der Waals surface area contributed by atoms with Crippen molar-refractivity contribution in [2.24, 2.45) is 0 Å². The Bertz CT molecular complexity index is 353. The van der Waals surface area contributed by atoms with E-state index in [4.69, 9.17) is 15.2 Å². The molecule has 0 unspecified atom stereocenters. The van der Waals surface area contributed by atoms with Crippen LogP contribution in [0.4, 0.5) is 11.5 Å². The van der Waals surface area contributed by atoms with E-state index in [1.807, 2.05) is 19.9 Å². The van der Waals surface area contributed by atoms with Crippen molar-refractivity contribution >= 4 is 11.5 Å². The summed E-state index contributed by atoms with van der Waals surface area (Å²) in [5.74, 6) is 1.14. The van der Waals surface area contributed by atoms with E-state index < -0.39 is 0 Å². The van der Waals surface area contributed by atoms with Crippen LogP contribution in [-0.4, -0.2) is 31.3 Å². The number of anilines is 2. The molecule has 16 heavy (non-hydrogen) atoms. The topological polar surface area (TPSA) is 69.4 Å². The molecule has 1 rings (SSSR count). The molecule has 0 spiro atoms. The number of hydrogen-bond donors (Lipinski definition) is 2. The lowest BCUT2D eigenvalue weighted by molar-refractivity contribution is 0.158. The van der Waals surface area contributed by atoms with Crippen LogP contribution < -0.4 is 15.8 Å². The first-order valence-electron chi connectivity index (χ1n) is 5.06. The van der Waals surface area contributed by atoms with Crippen molar-refractivity contribution in [3.8, 4) is 5.88 Å². The van der Waals surface area contributed by atoms with Gasteiger partial charge in [-0.05, 0) is 26.0 Å². The summed E-state index contributed by atoms with van der Waals surface area (Å²) in [5.41, 5.74) is 6.02. The number of hydrogen-bond acceptors (Lipinski definition) is 5. The van der Waals surface area contributed by atoms with E-state index in [1.54, 1.807) is 20.3 Å². The maximum absolute atomic E-state index is 5.68. The largest absolute Gasteiger partial charge is 0.479 e. The summed E-state index contributed by atoms with van der Waals surface area (Å²) in [6.45, 7) is 4.64. The van der Waals surface area contributed by atoms with Gasteiger partial charge < -0.3 is 20.5 Å². The Labute approximate surface area is 96.0 Å². The highest BCUT2D eigenvalue weighted by molar-refractivity contribution is 5.54. The molecule has 0 radical (unpaired) electrons. The standard InChI is InChI=1S/C11H19N3O2/c1-11(2,7-15-3)14-9-6-5-8(12)10(13-9)16-4/h5-6H,7,12H2,1-4H3,(H,13,14). The van der Waals surface area contributed by atoms with Crippen LogP contribution in [0.5, 0.6) is 5.88 Å². The van der Waals surface area contributed by atoms with E-state index in [2.05, 4.69) is 10.3 Å². The number of nitrogens with zero attached hydrogens (tertiary/aromatic N) is 1. The van der Waals surface area contributed by atoms with Crippen LogP contribution in [0.3, 0.4) is 0 Å². The first-order valence-corrected chi connectivity index (χ1v) is 5.06. The van der Waals surface area contributed by atoms with Crippen LogP contribution >= 0.6 is 0 Å². The first-order chi connectivity index (χ1) is 7.48. The highest BCUT2D eigenvalue weighted by Gasteiger charge is 2.18. The number of pyridine rings is 1. The third-order valence-electron chi connectivity index (χ3n) is 2.05. The average molecular weight is 225 g/mol. The minimum absolute atomic E-state index is 0.192. The van der Waals surface area contributed by atoms with Crippen molar-refractivity contribution < 1.29 is 9.47 Å². The number of methoxy groups -OCH3 is 2. The Hall–Kier alpha value is -1.49. The molecule has 5 heteroatoms. The van der Waals surface area contributed by atoms with Gasteiger partial charge in [0.25, 0.3) is 0 Å². The van der Waals surface area contributed by atoms with E-state index in [0.29, 0.717) is 24.0 Å². The fourth-order valence-corrected chi connectivity index (χ4v) is 1.43. The normalized spacial score (nSPS) is 11.2. The van der Waals surface area contributed by atoms with Crippen LogP contribution in [0.2, 0.25) is 0 Å². The zero-order valence-electron chi connectivity index (χ0n) is 10.2. The van der Waals surface area contributed by atoms with Gasteiger partial charge in [-0.15, -0.1) is 0 Å². The van der Waals surface area contributed by atoms with Gasteiger partial charge in [-0.25, -0.2) is 0 Å². The predicted molar refractivity (Wildman–Crippen MR) is 64.8 cm³/mol. The van der Waals surface area contributed by atoms with Gasteiger partial charge in [0.1, 0.15) is 5.82 Å². The van der Waals surface area contributed by atoms with Crippen LogP contribution in [0.1, 0.15) is 13.8 Å². The Morgan fingerprint density at radius 2 is 2.06 bits per heavy atom. The molecule has 0 aromatic carbocycles. The monoisotopic (exact) mass is 225 g/mol. The molecule has 0 amide bonds. The number of aromatic nitrogens is 1. The van der Waals surface area contributed by atoms with Crippen molar-refractivity contribution in [2.75, 3.05) is 31.9 Å².